The first-order valence-electron chi connectivity index (χ1n) is 8.68. The minimum atomic E-state index is -0.0422. The second-order valence-corrected chi connectivity index (χ2v) is 7.13. The molecule has 1 aromatic heterocycles. The highest BCUT2D eigenvalue weighted by atomic mass is 32.2. The van der Waals surface area contributed by atoms with Crippen LogP contribution in [-0.2, 0) is 4.79 Å². The zero-order valence-corrected chi connectivity index (χ0v) is 16.2. The van der Waals surface area contributed by atoms with Crippen LogP contribution in [0.3, 0.4) is 0 Å². The van der Waals surface area contributed by atoms with E-state index in [4.69, 9.17) is 5.26 Å². The molecule has 0 radical (unpaired) electrons. The summed E-state index contributed by atoms with van der Waals surface area (Å²) in [6, 6.07) is 17.7. The van der Waals surface area contributed by atoms with Gasteiger partial charge in [0, 0.05) is 17.6 Å². The smallest absolute Gasteiger partial charge is 0.237 e. The number of para-hydroxylation sites is 1. The zero-order valence-electron chi connectivity index (χ0n) is 15.3. The van der Waals surface area contributed by atoms with Gasteiger partial charge in [0.05, 0.1) is 23.8 Å². The number of aryl methyl sites for hydroxylation is 2. The van der Waals surface area contributed by atoms with Crippen LogP contribution in [0.4, 0.5) is 5.69 Å². The standard InChI is InChI=1S/C21H20N4OS/c1-15-8-10-17(11-9-15)25(13-5-12-22)20(26)14-27-21-18-6-3-4-7-19(18)23-16(2)24-21/h3-4,6-11H,5,13-14H2,1-2H3. The van der Waals surface area contributed by atoms with Gasteiger partial charge in [0.2, 0.25) is 5.91 Å². The van der Waals surface area contributed by atoms with Gasteiger partial charge in [0.25, 0.3) is 0 Å². The molecule has 0 aliphatic heterocycles. The van der Waals surface area contributed by atoms with Crippen LogP contribution in [0, 0.1) is 25.2 Å². The third-order valence-electron chi connectivity index (χ3n) is 4.11. The molecule has 6 heteroatoms. The third-order valence-corrected chi connectivity index (χ3v) is 5.08. The number of carbonyl (C=O) groups is 1. The summed E-state index contributed by atoms with van der Waals surface area (Å²) in [5, 5.41) is 10.7. The monoisotopic (exact) mass is 376 g/mol. The Kier molecular flexibility index (Phi) is 6.05. The van der Waals surface area contributed by atoms with Crippen LogP contribution < -0.4 is 4.90 Å². The first-order chi connectivity index (χ1) is 13.1. The molecule has 0 saturated heterocycles. The van der Waals surface area contributed by atoms with Gasteiger partial charge in [-0.05, 0) is 32.0 Å². The summed E-state index contributed by atoms with van der Waals surface area (Å²) < 4.78 is 0. The molecule has 0 aliphatic carbocycles. The third kappa shape index (κ3) is 4.63. The van der Waals surface area contributed by atoms with Crippen molar-refractivity contribution < 1.29 is 4.79 Å². The first kappa shape index (κ1) is 18.9. The van der Waals surface area contributed by atoms with Gasteiger partial charge in [-0.15, -0.1) is 0 Å². The van der Waals surface area contributed by atoms with Gasteiger partial charge in [-0.2, -0.15) is 5.26 Å². The maximum absolute atomic E-state index is 12.9. The first-order valence-corrected chi connectivity index (χ1v) is 9.67. The van der Waals surface area contributed by atoms with Crippen molar-refractivity contribution in [1.29, 1.82) is 5.26 Å². The van der Waals surface area contributed by atoms with Gasteiger partial charge >= 0.3 is 0 Å². The number of carbonyl (C=O) groups excluding carboxylic acids is 1. The molecule has 0 spiro atoms. The zero-order chi connectivity index (χ0) is 19.2. The van der Waals surface area contributed by atoms with E-state index in [1.54, 1.807) is 4.90 Å². The summed E-state index contributed by atoms with van der Waals surface area (Å²) in [5.74, 6) is 0.891. The van der Waals surface area contributed by atoms with Crippen molar-refractivity contribution in [3.63, 3.8) is 0 Å². The number of amides is 1. The molecule has 0 saturated carbocycles. The van der Waals surface area contributed by atoms with E-state index in [9.17, 15) is 4.79 Å². The van der Waals surface area contributed by atoms with Crippen LogP contribution in [0.1, 0.15) is 17.8 Å². The molecule has 0 atom stereocenters. The summed E-state index contributed by atoms with van der Waals surface area (Å²) in [5.41, 5.74) is 2.81. The Morgan fingerprint density at radius 2 is 1.85 bits per heavy atom. The van der Waals surface area contributed by atoms with Crippen LogP contribution in [0.15, 0.2) is 53.6 Å². The normalized spacial score (nSPS) is 10.6. The van der Waals surface area contributed by atoms with Crippen molar-refractivity contribution in [2.24, 2.45) is 0 Å². The van der Waals surface area contributed by atoms with Crippen molar-refractivity contribution in [2.45, 2.75) is 25.3 Å². The Balaban J connectivity index is 1.80. The van der Waals surface area contributed by atoms with Crippen LogP contribution >= 0.6 is 11.8 Å². The number of rotatable bonds is 6. The lowest BCUT2D eigenvalue weighted by Crippen LogP contribution is -2.33. The minimum absolute atomic E-state index is 0.0422. The lowest BCUT2D eigenvalue weighted by Gasteiger charge is -2.22. The van der Waals surface area contributed by atoms with Crippen molar-refractivity contribution >= 4 is 34.3 Å². The summed E-state index contributed by atoms with van der Waals surface area (Å²) in [6.07, 6.45) is 0.291. The van der Waals surface area contributed by atoms with Gasteiger partial charge in [-0.3, -0.25) is 4.79 Å². The molecule has 1 heterocycles. The molecule has 3 aromatic rings. The van der Waals surface area contributed by atoms with Crippen LogP contribution in [-0.4, -0.2) is 28.2 Å². The summed E-state index contributed by atoms with van der Waals surface area (Å²) in [6.45, 7) is 4.23. The topological polar surface area (TPSA) is 69.9 Å². The minimum Gasteiger partial charge on any atom is -0.311 e. The lowest BCUT2D eigenvalue weighted by molar-refractivity contribution is -0.116. The number of nitrogens with zero attached hydrogens (tertiary/aromatic N) is 4. The number of benzene rings is 2. The summed E-state index contributed by atoms with van der Waals surface area (Å²) in [4.78, 5) is 23.5. The van der Waals surface area contributed by atoms with Crippen molar-refractivity contribution in [3.8, 4) is 6.07 Å². The molecular formula is C21H20N4OS. The fourth-order valence-electron chi connectivity index (χ4n) is 2.76. The molecule has 0 N–H and O–H groups in total. The Morgan fingerprint density at radius 1 is 1.11 bits per heavy atom. The number of aromatic nitrogens is 2. The van der Waals surface area contributed by atoms with Crippen LogP contribution in [0.2, 0.25) is 0 Å². The largest absolute Gasteiger partial charge is 0.311 e. The Labute approximate surface area is 163 Å². The van der Waals surface area contributed by atoms with E-state index in [0.29, 0.717) is 18.8 Å². The molecule has 136 valence electrons. The van der Waals surface area contributed by atoms with Crippen molar-refractivity contribution in [2.75, 3.05) is 17.2 Å². The molecular weight excluding hydrogens is 356 g/mol. The number of thioether (sulfide) groups is 1. The van der Waals surface area contributed by atoms with E-state index >= 15 is 0 Å². The lowest BCUT2D eigenvalue weighted by atomic mass is 10.2. The Morgan fingerprint density at radius 3 is 2.59 bits per heavy atom. The fourth-order valence-corrected chi connectivity index (χ4v) is 3.70. The number of hydrogen-bond acceptors (Lipinski definition) is 5. The van der Waals surface area contributed by atoms with Gasteiger partial charge in [-0.1, -0.05) is 47.7 Å². The Bertz CT molecular complexity index is 995. The predicted molar refractivity (Wildman–Crippen MR) is 109 cm³/mol. The number of hydrogen-bond donors (Lipinski definition) is 0. The van der Waals surface area contributed by atoms with E-state index in [2.05, 4.69) is 16.0 Å². The predicted octanol–water partition coefficient (Wildman–Crippen LogP) is 4.29. The SMILES string of the molecule is Cc1ccc(N(CCC#N)C(=O)CSc2nc(C)nc3ccccc23)cc1. The highest BCUT2D eigenvalue weighted by Crippen LogP contribution is 2.26. The van der Waals surface area contributed by atoms with Gasteiger partial charge in [0.15, 0.2) is 0 Å². The second-order valence-electron chi connectivity index (χ2n) is 6.17. The van der Waals surface area contributed by atoms with Gasteiger partial charge in [0.1, 0.15) is 10.9 Å². The van der Waals surface area contributed by atoms with E-state index in [0.717, 1.165) is 27.2 Å². The number of anilines is 1. The number of nitriles is 1. The number of fused-ring (bicyclic) bond motifs is 1. The van der Waals surface area contributed by atoms with E-state index in [1.807, 2.05) is 62.4 Å². The van der Waals surface area contributed by atoms with Crippen molar-refractivity contribution in [3.05, 3.63) is 59.9 Å². The fraction of sp³-hybridized carbons (Fsp3) is 0.238. The molecule has 0 bridgehead atoms. The summed E-state index contributed by atoms with van der Waals surface area (Å²) in [7, 11) is 0. The molecule has 5 nitrogen and oxygen atoms in total. The molecule has 3 rings (SSSR count). The highest BCUT2D eigenvalue weighted by Gasteiger charge is 2.17. The van der Waals surface area contributed by atoms with Crippen LogP contribution in [0.5, 0.6) is 0 Å². The highest BCUT2D eigenvalue weighted by molar-refractivity contribution is 8.00. The maximum atomic E-state index is 12.9. The summed E-state index contributed by atoms with van der Waals surface area (Å²) >= 11 is 1.41. The molecule has 1 amide bonds. The molecule has 0 aliphatic rings. The van der Waals surface area contributed by atoms with Gasteiger partial charge in [-0.25, -0.2) is 9.97 Å². The van der Waals surface area contributed by atoms with E-state index in [1.165, 1.54) is 11.8 Å². The molecule has 0 fully saturated rings. The average Bonchev–Trinajstić information content (AvgIpc) is 2.67. The maximum Gasteiger partial charge on any atom is 0.237 e. The quantitative estimate of drug-likeness (QED) is 0.474. The van der Waals surface area contributed by atoms with E-state index in [-0.39, 0.29) is 11.7 Å². The van der Waals surface area contributed by atoms with Crippen LogP contribution in [0.25, 0.3) is 10.9 Å². The van der Waals surface area contributed by atoms with E-state index < -0.39 is 0 Å². The van der Waals surface area contributed by atoms with Crippen molar-refractivity contribution in [1.82, 2.24) is 9.97 Å². The second kappa shape index (κ2) is 8.65. The average molecular weight is 376 g/mol. The Hall–Kier alpha value is -2.91. The van der Waals surface area contributed by atoms with Gasteiger partial charge < -0.3 is 4.90 Å². The molecule has 27 heavy (non-hydrogen) atoms. The molecule has 2 aromatic carbocycles. The molecule has 0 unspecified atom stereocenters.